The van der Waals surface area contributed by atoms with Crippen LogP contribution < -0.4 is 10.6 Å². The minimum atomic E-state index is 0. The smallest absolute Gasteiger partial charge is 0.190 e. The quantitative estimate of drug-likeness (QED) is 0.264. The van der Waals surface area contributed by atoms with Crippen molar-refractivity contribution in [1.82, 2.24) is 20.4 Å². The number of benzene rings is 1. The minimum absolute atomic E-state index is 0. The van der Waals surface area contributed by atoms with Crippen LogP contribution in [0.2, 0.25) is 0 Å². The topological polar surface area (TPSA) is 42.9 Å². The number of piperazine rings is 1. The van der Waals surface area contributed by atoms with Crippen LogP contribution in [0.25, 0.3) is 0 Å². The average molecular weight is 473 g/mol. The summed E-state index contributed by atoms with van der Waals surface area (Å²) in [6, 6.07) is 10.8. The number of aliphatic imine (C=N–C) groups is 1. The lowest BCUT2D eigenvalue weighted by atomic mass is 10.2. The van der Waals surface area contributed by atoms with E-state index in [1.807, 2.05) is 7.05 Å². The second-order valence-corrected chi connectivity index (χ2v) is 7.23. The molecule has 2 rings (SSSR count). The van der Waals surface area contributed by atoms with Crippen molar-refractivity contribution in [3.63, 3.8) is 0 Å². The van der Waals surface area contributed by atoms with Gasteiger partial charge in [-0.25, -0.2) is 0 Å². The first-order chi connectivity index (χ1) is 12.2. The molecule has 1 fully saturated rings. The van der Waals surface area contributed by atoms with E-state index in [4.69, 9.17) is 0 Å². The lowest BCUT2D eigenvalue weighted by Crippen LogP contribution is -2.46. The Labute approximate surface area is 176 Å². The fourth-order valence-corrected chi connectivity index (χ4v) is 3.04. The minimum Gasteiger partial charge on any atom is -0.356 e. The van der Waals surface area contributed by atoms with E-state index in [0.29, 0.717) is 5.92 Å². The van der Waals surface area contributed by atoms with Gasteiger partial charge in [-0.3, -0.25) is 9.89 Å². The Kier molecular flexibility index (Phi) is 11.9. The molecule has 1 aliphatic heterocycles. The molecular weight excluding hydrogens is 437 g/mol. The van der Waals surface area contributed by atoms with Crippen LogP contribution in [-0.2, 0) is 6.54 Å². The number of hydrogen-bond donors (Lipinski definition) is 2. The molecular formula is C20H36IN5. The van der Waals surface area contributed by atoms with Gasteiger partial charge in [0.15, 0.2) is 5.96 Å². The molecule has 1 saturated heterocycles. The van der Waals surface area contributed by atoms with E-state index in [1.165, 1.54) is 31.7 Å². The molecule has 6 heteroatoms. The molecule has 0 atom stereocenters. The third-order valence-electron chi connectivity index (χ3n) is 4.56. The highest BCUT2D eigenvalue weighted by Gasteiger charge is 2.16. The maximum atomic E-state index is 4.27. The van der Waals surface area contributed by atoms with Crippen LogP contribution in [-0.4, -0.2) is 68.6 Å². The van der Waals surface area contributed by atoms with Crippen LogP contribution in [0.4, 0.5) is 0 Å². The normalized spacial score (nSPS) is 16.4. The summed E-state index contributed by atoms with van der Waals surface area (Å²) >= 11 is 0. The van der Waals surface area contributed by atoms with E-state index in [1.54, 1.807) is 0 Å². The molecule has 0 saturated carbocycles. The molecule has 0 spiro atoms. The van der Waals surface area contributed by atoms with Gasteiger partial charge in [-0.05, 0) is 24.4 Å². The van der Waals surface area contributed by atoms with Gasteiger partial charge in [0.05, 0.1) is 0 Å². The van der Waals surface area contributed by atoms with Crippen molar-refractivity contribution in [3.05, 3.63) is 35.9 Å². The zero-order chi connectivity index (χ0) is 17.9. The fraction of sp³-hybridized carbons (Fsp3) is 0.650. The zero-order valence-electron chi connectivity index (χ0n) is 16.6. The number of hydrogen-bond acceptors (Lipinski definition) is 3. The Morgan fingerprint density at radius 2 is 1.69 bits per heavy atom. The number of guanidine groups is 1. The molecule has 148 valence electrons. The summed E-state index contributed by atoms with van der Waals surface area (Å²) in [5, 5.41) is 6.76. The molecule has 0 radical (unpaired) electrons. The van der Waals surface area contributed by atoms with Gasteiger partial charge in [0.1, 0.15) is 0 Å². The molecule has 1 aromatic rings. The predicted molar refractivity (Wildman–Crippen MR) is 122 cm³/mol. The standard InChI is InChI=1S/C20H35N5.HI/c1-18(2)16-23-20(21-3)22-10-7-11-24-12-14-25(15-13-24)17-19-8-5-4-6-9-19;/h4-6,8-9,18H,7,10-17H2,1-3H3,(H2,21,22,23);1H. The van der Waals surface area contributed by atoms with Gasteiger partial charge in [-0.1, -0.05) is 44.2 Å². The highest BCUT2D eigenvalue weighted by molar-refractivity contribution is 14.0. The summed E-state index contributed by atoms with van der Waals surface area (Å²) in [4.78, 5) is 9.40. The second-order valence-electron chi connectivity index (χ2n) is 7.23. The summed E-state index contributed by atoms with van der Waals surface area (Å²) in [7, 11) is 1.83. The zero-order valence-corrected chi connectivity index (χ0v) is 18.9. The van der Waals surface area contributed by atoms with Crippen molar-refractivity contribution < 1.29 is 0 Å². The van der Waals surface area contributed by atoms with Crippen molar-refractivity contribution in [1.29, 1.82) is 0 Å². The first kappa shape index (κ1) is 23.2. The maximum absolute atomic E-state index is 4.27. The van der Waals surface area contributed by atoms with Crippen LogP contribution in [0.1, 0.15) is 25.8 Å². The molecule has 1 aromatic carbocycles. The first-order valence-electron chi connectivity index (χ1n) is 9.60. The number of halogens is 1. The lowest BCUT2D eigenvalue weighted by molar-refractivity contribution is 0.126. The third kappa shape index (κ3) is 9.19. The van der Waals surface area contributed by atoms with E-state index in [9.17, 15) is 0 Å². The van der Waals surface area contributed by atoms with Crippen LogP contribution >= 0.6 is 24.0 Å². The molecule has 1 aliphatic rings. The molecule has 0 unspecified atom stereocenters. The van der Waals surface area contributed by atoms with Gasteiger partial charge in [0.25, 0.3) is 0 Å². The molecule has 0 aromatic heterocycles. The Morgan fingerprint density at radius 3 is 2.31 bits per heavy atom. The van der Waals surface area contributed by atoms with E-state index in [2.05, 4.69) is 69.6 Å². The number of nitrogens with one attached hydrogen (secondary N) is 2. The van der Waals surface area contributed by atoms with Crippen molar-refractivity contribution in [2.45, 2.75) is 26.8 Å². The fourth-order valence-electron chi connectivity index (χ4n) is 3.04. The van der Waals surface area contributed by atoms with Crippen molar-refractivity contribution in [2.24, 2.45) is 10.9 Å². The Morgan fingerprint density at radius 1 is 1.04 bits per heavy atom. The average Bonchev–Trinajstić information content (AvgIpc) is 2.63. The van der Waals surface area contributed by atoms with Crippen LogP contribution in [0.3, 0.4) is 0 Å². The summed E-state index contributed by atoms with van der Waals surface area (Å²) < 4.78 is 0. The summed E-state index contributed by atoms with van der Waals surface area (Å²) in [5.41, 5.74) is 1.42. The molecule has 0 aliphatic carbocycles. The van der Waals surface area contributed by atoms with E-state index >= 15 is 0 Å². The Bertz CT molecular complexity index is 498. The van der Waals surface area contributed by atoms with Gasteiger partial charge in [0, 0.05) is 52.9 Å². The predicted octanol–water partition coefficient (Wildman–Crippen LogP) is 2.63. The summed E-state index contributed by atoms with van der Waals surface area (Å²) in [6.45, 7) is 13.3. The molecule has 5 nitrogen and oxygen atoms in total. The Hall–Kier alpha value is -0.860. The molecule has 1 heterocycles. The molecule has 26 heavy (non-hydrogen) atoms. The monoisotopic (exact) mass is 473 g/mol. The van der Waals surface area contributed by atoms with Crippen LogP contribution in [0.15, 0.2) is 35.3 Å². The van der Waals surface area contributed by atoms with Crippen molar-refractivity contribution in [2.75, 3.05) is 52.9 Å². The second kappa shape index (κ2) is 13.3. The highest BCUT2D eigenvalue weighted by atomic mass is 127. The van der Waals surface area contributed by atoms with E-state index in [0.717, 1.165) is 38.6 Å². The van der Waals surface area contributed by atoms with E-state index in [-0.39, 0.29) is 24.0 Å². The van der Waals surface area contributed by atoms with Crippen molar-refractivity contribution in [3.8, 4) is 0 Å². The number of rotatable bonds is 8. The third-order valence-corrected chi connectivity index (χ3v) is 4.56. The van der Waals surface area contributed by atoms with Gasteiger partial charge in [0.2, 0.25) is 0 Å². The van der Waals surface area contributed by atoms with Gasteiger partial charge in [-0.15, -0.1) is 24.0 Å². The summed E-state index contributed by atoms with van der Waals surface area (Å²) in [5.74, 6) is 1.55. The SMILES string of the molecule is CN=C(NCCCN1CCN(Cc2ccccc2)CC1)NCC(C)C.I. The maximum Gasteiger partial charge on any atom is 0.190 e. The van der Waals surface area contributed by atoms with Gasteiger partial charge in [-0.2, -0.15) is 0 Å². The largest absolute Gasteiger partial charge is 0.356 e. The first-order valence-corrected chi connectivity index (χ1v) is 9.60. The Balaban J connectivity index is 0.00000338. The highest BCUT2D eigenvalue weighted by Crippen LogP contribution is 2.08. The molecule has 2 N–H and O–H groups in total. The number of nitrogens with zero attached hydrogens (tertiary/aromatic N) is 3. The van der Waals surface area contributed by atoms with Crippen LogP contribution in [0, 0.1) is 5.92 Å². The van der Waals surface area contributed by atoms with Crippen LogP contribution in [0.5, 0.6) is 0 Å². The lowest BCUT2D eigenvalue weighted by Gasteiger charge is -2.34. The van der Waals surface area contributed by atoms with Crippen molar-refractivity contribution >= 4 is 29.9 Å². The molecule has 0 amide bonds. The molecule has 0 bridgehead atoms. The van der Waals surface area contributed by atoms with Gasteiger partial charge < -0.3 is 15.5 Å². The van der Waals surface area contributed by atoms with E-state index < -0.39 is 0 Å². The van der Waals surface area contributed by atoms with Gasteiger partial charge >= 0.3 is 0 Å². The summed E-state index contributed by atoms with van der Waals surface area (Å²) in [6.07, 6.45) is 1.15.